The van der Waals surface area contributed by atoms with Crippen molar-refractivity contribution in [2.75, 3.05) is 19.8 Å². The zero-order valence-electron chi connectivity index (χ0n) is 22.2. The molecule has 1 unspecified atom stereocenters. The van der Waals surface area contributed by atoms with Gasteiger partial charge in [-0.05, 0) is 48.2 Å². The van der Waals surface area contributed by atoms with E-state index in [1.165, 1.54) is 0 Å². The topological polar surface area (TPSA) is 162 Å². The van der Waals surface area contributed by atoms with Crippen molar-refractivity contribution in [2.45, 2.75) is 69.9 Å². The summed E-state index contributed by atoms with van der Waals surface area (Å²) in [6.45, 7) is 5.72. The average Bonchev–Trinajstić information content (AvgIpc) is 3.34. The van der Waals surface area contributed by atoms with Crippen molar-refractivity contribution in [3.8, 4) is 11.6 Å². The minimum Gasteiger partial charge on any atom is -0.494 e. The Bertz CT molecular complexity index is 1140. The molecule has 212 valence electrons. The molecule has 1 aliphatic rings. The predicted molar refractivity (Wildman–Crippen MR) is 142 cm³/mol. The van der Waals surface area contributed by atoms with Crippen molar-refractivity contribution in [1.29, 1.82) is 0 Å². The molecule has 0 amide bonds. The Morgan fingerprint density at radius 3 is 2.54 bits per heavy atom. The summed E-state index contributed by atoms with van der Waals surface area (Å²) in [5.41, 5.74) is 3.81. The van der Waals surface area contributed by atoms with Gasteiger partial charge >= 0.3 is 0 Å². The van der Waals surface area contributed by atoms with Gasteiger partial charge in [0.25, 0.3) is 0 Å². The third-order valence-corrected chi connectivity index (χ3v) is 6.64. The molecule has 0 saturated carbocycles. The van der Waals surface area contributed by atoms with E-state index < -0.39 is 37.3 Å². The van der Waals surface area contributed by atoms with E-state index in [9.17, 15) is 20.4 Å². The van der Waals surface area contributed by atoms with Crippen molar-refractivity contribution in [3.05, 3.63) is 71.2 Å². The number of nitrogens with zero attached hydrogens (tertiary/aromatic N) is 2. The highest BCUT2D eigenvalue weighted by Crippen LogP contribution is 2.31. The summed E-state index contributed by atoms with van der Waals surface area (Å²) in [7, 11) is 0. The zero-order chi connectivity index (χ0) is 27.8. The molecular formula is C28H38N4O7. The summed E-state index contributed by atoms with van der Waals surface area (Å²) >= 11 is 0. The van der Waals surface area contributed by atoms with Crippen LogP contribution in [0.5, 0.6) is 11.6 Å². The van der Waals surface area contributed by atoms with E-state index >= 15 is 0 Å². The van der Waals surface area contributed by atoms with Gasteiger partial charge in [-0.2, -0.15) is 0 Å². The first kappa shape index (κ1) is 28.9. The summed E-state index contributed by atoms with van der Waals surface area (Å²) in [5.74, 6) is 1.12. The highest BCUT2D eigenvalue weighted by molar-refractivity contribution is 5.39. The largest absolute Gasteiger partial charge is 0.494 e. The Labute approximate surface area is 227 Å². The van der Waals surface area contributed by atoms with Gasteiger partial charge in [0, 0.05) is 36.6 Å². The van der Waals surface area contributed by atoms with Crippen molar-refractivity contribution >= 4 is 0 Å². The van der Waals surface area contributed by atoms with Crippen LogP contribution in [0.4, 0.5) is 0 Å². The van der Waals surface area contributed by atoms with Crippen LogP contribution in [0.1, 0.15) is 48.6 Å². The number of rotatable bonds is 13. The molecule has 1 aliphatic heterocycles. The number of H-pyrrole nitrogens is 1. The maximum atomic E-state index is 10.4. The minimum absolute atomic E-state index is 0.119. The van der Waals surface area contributed by atoms with Gasteiger partial charge in [-0.3, -0.25) is 10.1 Å². The highest BCUT2D eigenvalue weighted by atomic mass is 16.7. The Balaban J connectivity index is 1.32. The molecule has 2 aromatic heterocycles. The first-order valence-corrected chi connectivity index (χ1v) is 13.2. The molecule has 11 heteroatoms. The summed E-state index contributed by atoms with van der Waals surface area (Å²) < 4.78 is 17.2. The lowest BCUT2D eigenvalue weighted by Crippen LogP contribution is -2.60. The van der Waals surface area contributed by atoms with Crippen LogP contribution in [0.3, 0.4) is 0 Å². The third kappa shape index (κ3) is 7.53. The van der Waals surface area contributed by atoms with Crippen molar-refractivity contribution in [3.63, 3.8) is 0 Å². The number of aromatic nitrogens is 3. The SMILES string of the molecule is CC(C)c1[nH]nc(OC2O[C@H](CO)[C@@H](O)[C@H](O)[C@H]2O)c1Cc1ccc(OCCCNCc2cccnc2)cc1. The Morgan fingerprint density at radius 2 is 1.85 bits per heavy atom. The van der Waals surface area contributed by atoms with Crippen molar-refractivity contribution < 1.29 is 34.6 Å². The van der Waals surface area contributed by atoms with Gasteiger partial charge in [0.1, 0.15) is 30.2 Å². The van der Waals surface area contributed by atoms with Crippen LogP contribution in [-0.2, 0) is 17.7 Å². The molecular weight excluding hydrogens is 504 g/mol. The average molecular weight is 543 g/mol. The second-order valence-corrected chi connectivity index (χ2v) is 9.95. The predicted octanol–water partition coefficient (Wildman–Crippen LogP) is 1.26. The van der Waals surface area contributed by atoms with E-state index in [0.717, 1.165) is 47.6 Å². The number of pyridine rings is 1. The second kappa shape index (κ2) is 13.8. The molecule has 0 aliphatic carbocycles. The van der Waals surface area contributed by atoms with Crippen LogP contribution in [0, 0.1) is 0 Å². The summed E-state index contributed by atoms with van der Waals surface area (Å²) in [5, 5.41) is 50.6. The third-order valence-electron chi connectivity index (χ3n) is 6.64. The summed E-state index contributed by atoms with van der Waals surface area (Å²) in [4.78, 5) is 4.11. The molecule has 3 aromatic rings. The fourth-order valence-corrected chi connectivity index (χ4v) is 4.41. The van der Waals surface area contributed by atoms with Crippen molar-refractivity contribution in [1.82, 2.24) is 20.5 Å². The number of benzene rings is 1. The van der Waals surface area contributed by atoms with Crippen LogP contribution in [0.15, 0.2) is 48.8 Å². The molecule has 11 nitrogen and oxygen atoms in total. The lowest BCUT2D eigenvalue weighted by atomic mass is 9.98. The maximum Gasteiger partial charge on any atom is 0.238 e. The number of hydrogen-bond acceptors (Lipinski definition) is 10. The summed E-state index contributed by atoms with van der Waals surface area (Å²) in [6.07, 6.45) is -1.90. The van der Waals surface area contributed by atoms with Gasteiger partial charge in [-0.15, -0.1) is 5.10 Å². The molecule has 6 N–H and O–H groups in total. The summed E-state index contributed by atoms with van der Waals surface area (Å²) in [6, 6.07) is 11.8. The van der Waals surface area contributed by atoms with E-state index in [1.807, 2.05) is 56.4 Å². The first-order valence-electron chi connectivity index (χ1n) is 13.2. The molecule has 1 saturated heterocycles. The van der Waals surface area contributed by atoms with Gasteiger partial charge in [0.15, 0.2) is 0 Å². The lowest BCUT2D eigenvalue weighted by Gasteiger charge is -2.39. The Morgan fingerprint density at radius 1 is 1.05 bits per heavy atom. The van der Waals surface area contributed by atoms with E-state index in [2.05, 4.69) is 20.5 Å². The number of nitrogens with one attached hydrogen (secondary N) is 2. The lowest BCUT2D eigenvalue weighted by molar-refractivity contribution is -0.278. The number of ether oxygens (including phenoxy) is 3. The van der Waals surface area contributed by atoms with Gasteiger partial charge in [0.05, 0.1) is 13.2 Å². The molecule has 39 heavy (non-hydrogen) atoms. The minimum atomic E-state index is -1.53. The Kier molecular flexibility index (Phi) is 10.3. The van der Waals surface area contributed by atoms with E-state index in [0.29, 0.717) is 13.0 Å². The molecule has 0 bridgehead atoms. The molecule has 3 heterocycles. The fraction of sp³-hybridized carbons (Fsp3) is 0.500. The molecule has 0 spiro atoms. The number of aliphatic hydroxyl groups is 4. The fourth-order valence-electron chi connectivity index (χ4n) is 4.41. The molecule has 1 fully saturated rings. The number of aliphatic hydroxyl groups excluding tert-OH is 4. The number of aromatic amines is 1. The number of hydrogen-bond donors (Lipinski definition) is 6. The van der Waals surface area contributed by atoms with E-state index in [4.69, 9.17) is 14.2 Å². The normalized spacial score (nSPS) is 23.2. The van der Waals surface area contributed by atoms with Crippen LogP contribution >= 0.6 is 0 Å². The van der Waals surface area contributed by atoms with Crippen molar-refractivity contribution in [2.24, 2.45) is 0 Å². The highest BCUT2D eigenvalue weighted by Gasteiger charge is 2.45. The first-order chi connectivity index (χ1) is 18.9. The van der Waals surface area contributed by atoms with Crippen LogP contribution < -0.4 is 14.8 Å². The Hall–Kier alpha value is -3.06. The van der Waals surface area contributed by atoms with Crippen LogP contribution in [0.25, 0.3) is 0 Å². The zero-order valence-corrected chi connectivity index (χ0v) is 22.2. The van der Waals surface area contributed by atoms with Gasteiger partial charge in [-0.25, -0.2) is 0 Å². The molecule has 0 radical (unpaired) electrons. The van der Waals surface area contributed by atoms with Gasteiger partial charge in [0.2, 0.25) is 12.2 Å². The van der Waals surface area contributed by atoms with Gasteiger partial charge < -0.3 is 40.0 Å². The second-order valence-electron chi connectivity index (χ2n) is 9.95. The van der Waals surface area contributed by atoms with Crippen LogP contribution in [0.2, 0.25) is 0 Å². The quantitative estimate of drug-likeness (QED) is 0.173. The molecule has 4 rings (SSSR count). The molecule has 5 atom stereocenters. The standard InChI is InChI=1S/C28H38N4O7/c1-17(2)23-21(27(32-31-23)39-28-26(36)25(35)24(34)22(16-33)38-28)13-18-6-8-20(9-7-18)37-12-4-11-30-15-19-5-3-10-29-14-19/h3,5-10,14,17,22,24-26,28,30,33-36H,4,11-13,15-16H2,1-2H3,(H,31,32)/t22-,24-,25+,26-,28?/m1/s1. The van der Waals surface area contributed by atoms with E-state index in [1.54, 1.807) is 6.20 Å². The molecule has 1 aromatic carbocycles. The van der Waals surface area contributed by atoms with Gasteiger partial charge in [-0.1, -0.05) is 32.0 Å². The maximum absolute atomic E-state index is 10.4. The van der Waals surface area contributed by atoms with Crippen LogP contribution in [-0.4, -0.2) is 86.1 Å². The monoisotopic (exact) mass is 542 g/mol. The smallest absolute Gasteiger partial charge is 0.238 e. The van der Waals surface area contributed by atoms with E-state index in [-0.39, 0.29) is 11.8 Å².